The average molecular weight is 290 g/mol. The molecule has 2 aromatic rings. The van der Waals surface area contributed by atoms with Gasteiger partial charge in [-0.2, -0.15) is 4.98 Å². The van der Waals surface area contributed by atoms with Crippen LogP contribution in [-0.4, -0.2) is 46.5 Å². The third-order valence-electron chi connectivity index (χ3n) is 3.52. The third kappa shape index (κ3) is 3.03. The van der Waals surface area contributed by atoms with Gasteiger partial charge in [-0.05, 0) is 25.0 Å². The van der Waals surface area contributed by atoms with E-state index in [1.807, 2.05) is 12.1 Å². The van der Waals surface area contributed by atoms with Crippen molar-refractivity contribution in [3.8, 4) is 11.5 Å². The summed E-state index contributed by atoms with van der Waals surface area (Å²) in [5.41, 5.74) is 0.809. The van der Waals surface area contributed by atoms with E-state index in [2.05, 4.69) is 20.0 Å². The molecule has 0 saturated carbocycles. The molecule has 2 aromatic heterocycles. The molecule has 0 atom stereocenters. The van der Waals surface area contributed by atoms with Crippen molar-refractivity contribution in [2.75, 3.05) is 25.1 Å². The Labute approximate surface area is 122 Å². The molecular formula is C14H18N4O3. The van der Waals surface area contributed by atoms with Gasteiger partial charge >= 0.3 is 0 Å². The predicted molar refractivity (Wildman–Crippen MR) is 75.7 cm³/mol. The fraction of sp³-hybridized carbons (Fsp3) is 0.500. The van der Waals surface area contributed by atoms with Crippen LogP contribution in [0.2, 0.25) is 0 Å². The number of ether oxygens (including phenoxy) is 1. The summed E-state index contributed by atoms with van der Waals surface area (Å²) >= 11 is 0. The van der Waals surface area contributed by atoms with E-state index in [9.17, 15) is 5.11 Å². The highest BCUT2D eigenvalue weighted by Crippen LogP contribution is 2.29. The van der Waals surface area contributed by atoms with E-state index in [0.29, 0.717) is 18.3 Å². The minimum Gasteiger partial charge on any atom is -0.393 e. The quantitative estimate of drug-likeness (QED) is 0.906. The lowest BCUT2D eigenvalue weighted by Gasteiger charge is -2.31. The summed E-state index contributed by atoms with van der Waals surface area (Å²) in [5, 5.41) is 13.5. The number of aliphatic hydroxyl groups excluding tert-OH is 1. The van der Waals surface area contributed by atoms with E-state index in [1.165, 1.54) is 0 Å². The van der Waals surface area contributed by atoms with Gasteiger partial charge in [-0.25, -0.2) is 4.98 Å². The molecule has 3 rings (SSSR count). The Kier molecular flexibility index (Phi) is 4.12. The Balaban J connectivity index is 1.88. The molecule has 1 saturated heterocycles. The lowest BCUT2D eigenvalue weighted by molar-refractivity contribution is 0.145. The van der Waals surface area contributed by atoms with Crippen LogP contribution in [0.25, 0.3) is 11.5 Å². The summed E-state index contributed by atoms with van der Waals surface area (Å²) < 4.78 is 10.3. The van der Waals surface area contributed by atoms with Crippen LogP contribution in [0, 0.1) is 0 Å². The summed E-state index contributed by atoms with van der Waals surface area (Å²) in [6.45, 7) is 1.85. The monoisotopic (exact) mass is 290 g/mol. The molecule has 7 nitrogen and oxygen atoms in total. The minimum absolute atomic E-state index is 0.217. The zero-order chi connectivity index (χ0) is 14.7. The van der Waals surface area contributed by atoms with Gasteiger partial charge in [0.15, 0.2) is 5.82 Å². The first-order chi connectivity index (χ1) is 10.3. The molecule has 1 aliphatic rings. The highest BCUT2D eigenvalue weighted by molar-refractivity contribution is 5.69. The molecule has 0 unspecified atom stereocenters. The third-order valence-corrected chi connectivity index (χ3v) is 3.52. The van der Waals surface area contributed by atoms with Gasteiger partial charge in [0.1, 0.15) is 12.4 Å². The van der Waals surface area contributed by atoms with E-state index in [4.69, 9.17) is 9.26 Å². The first kappa shape index (κ1) is 14.0. The highest BCUT2D eigenvalue weighted by Gasteiger charge is 2.22. The smallest absolute Gasteiger partial charge is 0.261 e. The minimum atomic E-state index is -0.217. The average Bonchev–Trinajstić information content (AvgIpc) is 2.97. The molecule has 1 aliphatic heterocycles. The molecule has 0 amide bonds. The van der Waals surface area contributed by atoms with Gasteiger partial charge in [0.05, 0.1) is 11.7 Å². The van der Waals surface area contributed by atoms with Crippen molar-refractivity contribution in [3.63, 3.8) is 0 Å². The zero-order valence-electron chi connectivity index (χ0n) is 11.9. The van der Waals surface area contributed by atoms with Gasteiger partial charge < -0.3 is 19.3 Å². The molecule has 1 fully saturated rings. The van der Waals surface area contributed by atoms with Gasteiger partial charge in [0.25, 0.3) is 5.89 Å². The topological polar surface area (TPSA) is 84.5 Å². The van der Waals surface area contributed by atoms with Crippen molar-refractivity contribution in [3.05, 3.63) is 24.2 Å². The molecule has 0 radical (unpaired) electrons. The molecule has 0 aromatic carbocycles. The Morgan fingerprint density at radius 2 is 2.24 bits per heavy atom. The number of piperidine rings is 1. The van der Waals surface area contributed by atoms with E-state index >= 15 is 0 Å². The largest absolute Gasteiger partial charge is 0.393 e. The summed E-state index contributed by atoms with van der Waals surface area (Å²) in [7, 11) is 1.59. The molecule has 112 valence electrons. The number of hydrogen-bond donors (Lipinski definition) is 1. The summed E-state index contributed by atoms with van der Waals surface area (Å²) in [6.07, 6.45) is 3.02. The van der Waals surface area contributed by atoms with Crippen LogP contribution in [-0.2, 0) is 11.3 Å². The Morgan fingerprint density at radius 3 is 3.00 bits per heavy atom. The van der Waals surface area contributed by atoms with Crippen LogP contribution in [0.15, 0.2) is 22.9 Å². The number of nitrogens with zero attached hydrogens (tertiary/aromatic N) is 4. The maximum atomic E-state index is 9.62. The Hall–Kier alpha value is -1.99. The number of aromatic nitrogens is 3. The normalized spacial score (nSPS) is 16.4. The van der Waals surface area contributed by atoms with Crippen molar-refractivity contribution in [2.24, 2.45) is 0 Å². The number of rotatable bonds is 4. The molecule has 0 aliphatic carbocycles. The van der Waals surface area contributed by atoms with Crippen molar-refractivity contribution in [1.82, 2.24) is 15.1 Å². The molecule has 1 N–H and O–H groups in total. The van der Waals surface area contributed by atoms with Gasteiger partial charge in [-0.1, -0.05) is 5.16 Å². The van der Waals surface area contributed by atoms with Crippen molar-refractivity contribution in [2.45, 2.75) is 25.6 Å². The SMILES string of the molecule is COCc1noc(-c2cccnc2N2CCC(O)CC2)n1. The number of hydrogen-bond acceptors (Lipinski definition) is 7. The Bertz CT molecular complexity index is 593. The molecular weight excluding hydrogens is 272 g/mol. The summed E-state index contributed by atoms with van der Waals surface area (Å²) in [5.74, 6) is 1.77. The molecule has 7 heteroatoms. The second-order valence-corrected chi connectivity index (χ2v) is 5.04. The van der Waals surface area contributed by atoms with Crippen LogP contribution in [0.4, 0.5) is 5.82 Å². The van der Waals surface area contributed by atoms with Crippen LogP contribution in [0.5, 0.6) is 0 Å². The molecule has 3 heterocycles. The van der Waals surface area contributed by atoms with Gasteiger partial charge in [0.2, 0.25) is 0 Å². The zero-order valence-corrected chi connectivity index (χ0v) is 11.9. The lowest BCUT2D eigenvalue weighted by Crippen LogP contribution is -2.36. The van der Waals surface area contributed by atoms with Gasteiger partial charge in [-0.3, -0.25) is 0 Å². The number of anilines is 1. The van der Waals surface area contributed by atoms with E-state index in [1.54, 1.807) is 13.3 Å². The van der Waals surface area contributed by atoms with E-state index < -0.39 is 0 Å². The first-order valence-corrected chi connectivity index (χ1v) is 6.98. The lowest BCUT2D eigenvalue weighted by atomic mass is 10.1. The number of aliphatic hydroxyl groups is 1. The van der Waals surface area contributed by atoms with Crippen molar-refractivity contribution in [1.29, 1.82) is 0 Å². The molecule has 21 heavy (non-hydrogen) atoms. The van der Waals surface area contributed by atoms with Crippen molar-refractivity contribution < 1.29 is 14.4 Å². The van der Waals surface area contributed by atoms with E-state index in [0.717, 1.165) is 37.3 Å². The van der Waals surface area contributed by atoms with E-state index in [-0.39, 0.29) is 6.10 Å². The predicted octanol–water partition coefficient (Wildman–Crippen LogP) is 1.24. The van der Waals surface area contributed by atoms with Gasteiger partial charge in [0, 0.05) is 26.4 Å². The number of methoxy groups -OCH3 is 1. The summed E-state index contributed by atoms with van der Waals surface area (Å²) in [6, 6.07) is 3.76. The van der Waals surface area contributed by atoms with Crippen LogP contribution in [0.1, 0.15) is 18.7 Å². The molecule has 0 bridgehead atoms. The second-order valence-electron chi connectivity index (χ2n) is 5.04. The van der Waals surface area contributed by atoms with Crippen LogP contribution in [0.3, 0.4) is 0 Å². The van der Waals surface area contributed by atoms with Gasteiger partial charge in [-0.15, -0.1) is 0 Å². The number of pyridine rings is 1. The second kappa shape index (κ2) is 6.19. The maximum absolute atomic E-state index is 9.62. The first-order valence-electron chi connectivity index (χ1n) is 6.98. The van der Waals surface area contributed by atoms with Crippen molar-refractivity contribution >= 4 is 5.82 Å². The standard InChI is InChI=1S/C14H18N4O3/c1-20-9-12-16-14(21-17-12)11-3-2-6-15-13(11)18-7-4-10(19)5-8-18/h2-3,6,10,19H,4-5,7-9H2,1H3. The molecule has 0 spiro atoms. The van der Waals surface area contributed by atoms with Crippen LogP contribution >= 0.6 is 0 Å². The summed E-state index contributed by atoms with van der Waals surface area (Å²) in [4.78, 5) is 10.9. The highest BCUT2D eigenvalue weighted by atomic mass is 16.5. The maximum Gasteiger partial charge on any atom is 0.261 e. The fourth-order valence-electron chi connectivity index (χ4n) is 2.44. The Morgan fingerprint density at radius 1 is 1.43 bits per heavy atom. The fourth-order valence-corrected chi connectivity index (χ4v) is 2.44. The van der Waals surface area contributed by atoms with Crippen LogP contribution < -0.4 is 4.90 Å².